The van der Waals surface area contributed by atoms with Gasteiger partial charge in [-0.2, -0.15) is 21.4 Å². The Kier molecular flexibility index (Phi) is 13.9. The lowest BCUT2D eigenvalue weighted by molar-refractivity contribution is -0.438. The molecule has 6 rings (SSSR count). The standard InChI is InChI=1S/C47H54N2O10S2/c1-46(2)42(49(29-12-5-8-19-44(51)52)41-27-21-34-20-26-37(61(56,57)58)33-38(34)45(41)46)17-6-4-7-18-43-47(3,28-11-13-32-60(53,54)55)39-15-9-10-16-40(39)48(43)30-14-31-59-36-24-22-35(50)23-25-36/h4,6-7,9-10,15-18,20-27,33H,5,8,11-14,19,28-32H2,1-3H3,(H3-,50,51,52,53,54,55,56,57,58)/p+1. The lowest BCUT2D eigenvalue weighted by Gasteiger charge is -2.30. The Morgan fingerprint density at radius 3 is 2.30 bits per heavy atom. The summed E-state index contributed by atoms with van der Waals surface area (Å²) in [6.45, 7) is 8.06. The fourth-order valence-corrected chi connectivity index (χ4v) is 9.86. The molecule has 14 heteroatoms. The first-order chi connectivity index (χ1) is 28.9. The van der Waals surface area contributed by atoms with Crippen LogP contribution in [0.25, 0.3) is 10.8 Å². The van der Waals surface area contributed by atoms with Crippen LogP contribution in [0.4, 0.5) is 11.4 Å². The Labute approximate surface area is 358 Å². The fourth-order valence-electron chi connectivity index (χ4n) is 8.78. The molecule has 0 aliphatic carbocycles. The average Bonchev–Trinajstić information content (AvgIpc) is 3.57. The van der Waals surface area contributed by atoms with Gasteiger partial charge in [-0.15, -0.1) is 0 Å². The molecule has 4 N–H and O–H groups in total. The van der Waals surface area contributed by atoms with Crippen molar-refractivity contribution in [3.05, 3.63) is 126 Å². The van der Waals surface area contributed by atoms with Crippen LogP contribution in [0.5, 0.6) is 11.5 Å². The van der Waals surface area contributed by atoms with Gasteiger partial charge >= 0.3 is 5.97 Å². The molecule has 0 amide bonds. The van der Waals surface area contributed by atoms with Crippen molar-refractivity contribution in [2.45, 2.75) is 87.9 Å². The lowest BCUT2D eigenvalue weighted by Crippen LogP contribution is -2.30. The summed E-state index contributed by atoms with van der Waals surface area (Å²) in [5.74, 6) is -0.304. The van der Waals surface area contributed by atoms with Crippen LogP contribution in [0, 0.1) is 0 Å². The number of aromatic hydroxyl groups is 1. The highest BCUT2D eigenvalue weighted by atomic mass is 32.2. The number of nitrogens with zero attached hydrogens (tertiary/aromatic N) is 2. The van der Waals surface area contributed by atoms with Gasteiger partial charge < -0.3 is 19.8 Å². The fraction of sp³-hybridized carbons (Fsp3) is 0.362. The first-order valence-electron chi connectivity index (χ1n) is 20.6. The normalized spacial score (nSPS) is 18.2. The van der Waals surface area contributed by atoms with Crippen molar-refractivity contribution in [3.63, 3.8) is 0 Å². The first kappa shape index (κ1) is 45.3. The number of unbranched alkanes of at least 4 members (excludes halogenated alkanes) is 3. The van der Waals surface area contributed by atoms with Gasteiger partial charge in [-0.05, 0) is 124 Å². The van der Waals surface area contributed by atoms with Gasteiger partial charge in [0, 0.05) is 53.9 Å². The van der Waals surface area contributed by atoms with Gasteiger partial charge in [0.1, 0.15) is 18.0 Å². The monoisotopic (exact) mass is 871 g/mol. The van der Waals surface area contributed by atoms with Gasteiger partial charge in [-0.3, -0.25) is 13.9 Å². The van der Waals surface area contributed by atoms with Crippen LogP contribution in [-0.2, 0) is 35.9 Å². The van der Waals surface area contributed by atoms with E-state index in [9.17, 15) is 40.9 Å². The van der Waals surface area contributed by atoms with Gasteiger partial charge in [0.25, 0.3) is 20.2 Å². The van der Waals surface area contributed by atoms with Gasteiger partial charge in [-0.25, -0.2) is 0 Å². The summed E-state index contributed by atoms with van der Waals surface area (Å²) in [6, 6.07) is 23.4. The minimum absolute atomic E-state index is 0.0988. The number of benzene rings is 4. The van der Waals surface area contributed by atoms with E-state index in [1.54, 1.807) is 30.3 Å². The molecule has 0 radical (unpaired) electrons. The van der Waals surface area contributed by atoms with Crippen LogP contribution in [0.2, 0.25) is 0 Å². The molecule has 2 heterocycles. The number of carbonyl (C=O) groups is 1. The van der Waals surface area contributed by atoms with Crippen LogP contribution < -0.4 is 9.64 Å². The van der Waals surface area contributed by atoms with Crippen molar-refractivity contribution in [1.29, 1.82) is 0 Å². The highest BCUT2D eigenvalue weighted by Crippen LogP contribution is 2.51. The first-order valence-corrected chi connectivity index (χ1v) is 23.7. The van der Waals surface area contributed by atoms with Crippen LogP contribution in [0.1, 0.15) is 83.3 Å². The molecular formula is C47H55N2O10S2+. The molecule has 0 saturated carbocycles. The summed E-state index contributed by atoms with van der Waals surface area (Å²) >= 11 is 0. The zero-order valence-corrected chi connectivity index (χ0v) is 36.5. The molecule has 12 nitrogen and oxygen atoms in total. The Morgan fingerprint density at radius 2 is 1.57 bits per heavy atom. The number of para-hydroxylation sites is 1. The number of ether oxygens (including phenoxy) is 1. The number of phenols is 1. The second-order valence-corrected chi connectivity index (χ2v) is 19.4. The number of phenolic OH excluding ortho intramolecular Hbond substituents is 1. The third-order valence-corrected chi connectivity index (χ3v) is 13.4. The van der Waals surface area contributed by atoms with Gasteiger partial charge in [-0.1, -0.05) is 48.9 Å². The molecule has 0 aromatic heterocycles. The summed E-state index contributed by atoms with van der Waals surface area (Å²) in [5, 5.41) is 20.4. The molecule has 1 unspecified atom stereocenters. The summed E-state index contributed by atoms with van der Waals surface area (Å²) in [7, 11) is -8.53. The SMILES string of the molecule is CC1(C)C(C=CC=CC=C2N(CCCOc3ccc(O)cc3)c3ccccc3C2(C)CCCCS(=O)(=O)O)=[N+](CCCCCC(=O)O)c2ccc3ccc(S(=O)(=O)O)cc3c21. The molecule has 4 aromatic carbocycles. The molecule has 4 aromatic rings. The van der Waals surface area contributed by atoms with Crippen molar-refractivity contribution in [3.8, 4) is 11.5 Å². The number of carboxylic acids is 1. The zero-order valence-electron chi connectivity index (χ0n) is 34.8. The zero-order chi connectivity index (χ0) is 44.0. The van der Waals surface area contributed by atoms with Crippen molar-refractivity contribution < 1.29 is 50.3 Å². The lowest BCUT2D eigenvalue weighted by atomic mass is 9.77. The highest BCUT2D eigenvalue weighted by molar-refractivity contribution is 7.86. The maximum Gasteiger partial charge on any atom is 0.303 e. The minimum Gasteiger partial charge on any atom is -0.508 e. The molecule has 0 spiro atoms. The van der Waals surface area contributed by atoms with E-state index in [1.807, 2.05) is 42.5 Å². The van der Waals surface area contributed by atoms with Gasteiger partial charge in [0.2, 0.25) is 5.69 Å². The summed E-state index contributed by atoms with van der Waals surface area (Å²) in [5.41, 5.74) is 5.02. The largest absolute Gasteiger partial charge is 0.508 e. The predicted octanol–water partition coefficient (Wildman–Crippen LogP) is 9.11. The van der Waals surface area contributed by atoms with E-state index in [2.05, 4.69) is 54.5 Å². The van der Waals surface area contributed by atoms with Crippen molar-refractivity contribution in [1.82, 2.24) is 0 Å². The number of allylic oxidation sites excluding steroid dienone is 6. The van der Waals surface area contributed by atoms with Crippen LogP contribution in [-0.4, -0.2) is 77.9 Å². The number of rotatable bonds is 20. The van der Waals surface area contributed by atoms with Gasteiger partial charge in [0.15, 0.2) is 5.71 Å². The van der Waals surface area contributed by atoms with Crippen LogP contribution in [0.15, 0.2) is 120 Å². The Hall–Kier alpha value is -5.28. The molecule has 2 aliphatic rings. The minimum atomic E-state index is -4.44. The van der Waals surface area contributed by atoms with E-state index in [1.165, 1.54) is 12.1 Å². The molecule has 2 aliphatic heterocycles. The van der Waals surface area contributed by atoms with Crippen LogP contribution in [0.3, 0.4) is 0 Å². The predicted molar refractivity (Wildman–Crippen MR) is 239 cm³/mol. The van der Waals surface area contributed by atoms with E-state index in [0.717, 1.165) is 57.5 Å². The molecular weight excluding hydrogens is 817 g/mol. The van der Waals surface area contributed by atoms with E-state index in [0.29, 0.717) is 57.6 Å². The second kappa shape index (κ2) is 18.8. The van der Waals surface area contributed by atoms with Crippen molar-refractivity contribution in [2.75, 3.05) is 30.3 Å². The van der Waals surface area contributed by atoms with E-state index < -0.39 is 37.0 Å². The summed E-state index contributed by atoms with van der Waals surface area (Å²) in [6.07, 6.45) is 14.4. The molecule has 0 fully saturated rings. The Bertz CT molecular complexity index is 2610. The topological polar surface area (TPSA) is 182 Å². The van der Waals surface area contributed by atoms with E-state index >= 15 is 0 Å². The maximum absolute atomic E-state index is 12.2. The van der Waals surface area contributed by atoms with Gasteiger partial charge in [0.05, 0.1) is 22.7 Å². The maximum atomic E-state index is 12.2. The number of hydrogen-bond donors (Lipinski definition) is 4. The van der Waals surface area contributed by atoms with Crippen molar-refractivity contribution >= 4 is 54.1 Å². The second-order valence-electron chi connectivity index (χ2n) is 16.4. The molecule has 1 atom stereocenters. The highest BCUT2D eigenvalue weighted by Gasteiger charge is 2.46. The molecule has 61 heavy (non-hydrogen) atoms. The van der Waals surface area contributed by atoms with E-state index in [-0.39, 0.29) is 22.8 Å². The Morgan fingerprint density at radius 1 is 0.836 bits per heavy atom. The molecule has 0 saturated heterocycles. The number of hydrogen-bond acceptors (Lipinski definition) is 8. The van der Waals surface area contributed by atoms with Crippen LogP contribution >= 0.6 is 0 Å². The van der Waals surface area contributed by atoms with E-state index in [4.69, 9.17) is 4.74 Å². The Balaban J connectivity index is 1.32. The summed E-state index contributed by atoms with van der Waals surface area (Å²) < 4.78 is 75.0. The number of carboxylic acid groups (broad SMARTS) is 1. The third kappa shape index (κ3) is 10.6. The number of fused-ring (bicyclic) bond motifs is 4. The molecule has 0 bridgehead atoms. The third-order valence-electron chi connectivity index (χ3n) is 11.7. The average molecular weight is 872 g/mol. The summed E-state index contributed by atoms with van der Waals surface area (Å²) in [4.78, 5) is 13.3. The number of anilines is 1. The van der Waals surface area contributed by atoms with Crippen molar-refractivity contribution in [2.24, 2.45) is 0 Å². The quantitative estimate of drug-likeness (QED) is 0.0288. The number of aliphatic carboxylic acids is 1. The smallest absolute Gasteiger partial charge is 0.303 e. The molecule has 324 valence electrons.